The lowest BCUT2D eigenvalue weighted by Crippen LogP contribution is -1.91. The SMILES string of the molecule is C/C(=C\C(=O)O)c1ccc(C)c(F)c1. The van der Waals surface area contributed by atoms with Gasteiger partial charge in [-0.2, -0.15) is 0 Å². The normalized spacial score (nSPS) is 11.5. The number of rotatable bonds is 2. The molecule has 1 rings (SSSR count). The second kappa shape index (κ2) is 4.05. The average molecular weight is 194 g/mol. The smallest absolute Gasteiger partial charge is 0.328 e. The number of carbonyl (C=O) groups is 1. The first-order valence-corrected chi connectivity index (χ1v) is 4.18. The van der Waals surface area contributed by atoms with Crippen LogP contribution in [0.1, 0.15) is 18.1 Å². The highest BCUT2D eigenvalue weighted by Gasteiger charge is 2.02. The third kappa shape index (κ3) is 2.42. The van der Waals surface area contributed by atoms with E-state index in [4.69, 9.17) is 5.11 Å². The van der Waals surface area contributed by atoms with Crippen LogP contribution < -0.4 is 0 Å². The van der Waals surface area contributed by atoms with Crippen molar-refractivity contribution in [3.05, 3.63) is 41.2 Å². The third-order valence-electron chi connectivity index (χ3n) is 1.97. The van der Waals surface area contributed by atoms with E-state index in [0.717, 1.165) is 6.08 Å². The fourth-order valence-electron chi connectivity index (χ4n) is 1.11. The molecule has 0 saturated carbocycles. The lowest BCUT2D eigenvalue weighted by Gasteiger charge is -2.02. The molecule has 0 saturated heterocycles. The van der Waals surface area contributed by atoms with Gasteiger partial charge in [0.05, 0.1) is 0 Å². The summed E-state index contributed by atoms with van der Waals surface area (Å²) in [5.74, 6) is -1.34. The minimum atomic E-state index is -1.02. The summed E-state index contributed by atoms with van der Waals surface area (Å²) in [6.45, 7) is 3.30. The van der Waals surface area contributed by atoms with Gasteiger partial charge in [0.2, 0.25) is 0 Å². The van der Waals surface area contributed by atoms with Crippen molar-refractivity contribution in [1.29, 1.82) is 0 Å². The summed E-state index contributed by atoms with van der Waals surface area (Å²) in [5, 5.41) is 8.50. The van der Waals surface area contributed by atoms with Crippen LogP contribution >= 0.6 is 0 Å². The molecule has 0 radical (unpaired) electrons. The Bertz CT molecular complexity index is 394. The average Bonchev–Trinajstić information content (AvgIpc) is 2.08. The molecule has 0 unspecified atom stereocenters. The van der Waals surface area contributed by atoms with Crippen LogP contribution in [0.5, 0.6) is 0 Å². The van der Waals surface area contributed by atoms with E-state index < -0.39 is 5.97 Å². The van der Waals surface area contributed by atoms with Crippen molar-refractivity contribution in [2.75, 3.05) is 0 Å². The summed E-state index contributed by atoms with van der Waals surface area (Å²) in [6.07, 6.45) is 1.06. The van der Waals surface area contributed by atoms with Gasteiger partial charge in [-0.25, -0.2) is 9.18 Å². The summed E-state index contributed by atoms with van der Waals surface area (Å²) in [6, 6.07) is 4.67. The molecule has 0 bridgehead atoms. The summed E-state index contributed by atoms with van der Waals surface area (Å²) in [7, 11) is 0. The molecule has 1 aromatic carbocycles. The molecular weight excluding hydrogens is 183 g/mol. The Morgan fingerprint density at radius 3 is 2.64 bits per heavy atom. The minimum Gasteiger partial charge on any atom is -0.478 e. The van der Waals surface area contributed by atoms with E-state index in [-0.39, 0.29) is 5.82 Å². The molecule has 0 amide bonds. The van der Waals surface area contributed by atoms with Crippen LogP contribution in [-0.4, -0.2) is 11.1 Å². The number of aliphatic carboxylic acids is 1. The lowest BCUT2D eigenvalue weighted by atomic mass is 10.1. The minimum absolute atomic E-state index is 0.319. The molecule has 0 aromatic heterocycles. The summed E-state index contributed by atoms with van der Waals surface area (Å²) in [5.41, 5.74) is 1.68. The molecule has 0 heterocycles. The van der Waals surface area contributed by atoms with Crippen molar-refractivity contribution in [2.24, 2.45) is 0 Å². The highest BCUT2D eigenvalue weighted by atomic mass is 19.1. The first kappa shape index (κ1) is 10.4. The number of carboxylic acids is 1. The van der Waals surface area contributed by atoms with E-state index in [1.807, 2.05) is 0 Å². The number of carboxylic acid groups (broad SMARTS) is 1. The molecule has 0 aliphatic carbocycles. The van der Waals surface area contributed by atoms with Gasteiger partial charge in [0, 0.05) is 6.08 Å². The second-order valence-electron chi connectivity index (χ2n) is 3.13. The highest BCUT2D eigenvalue weighted by Crippen LogP contribution is 2.16. The van der Waals surface area contributed by atoms with Gasteiger partial charge in [0.1, 0.15) is 5.82 Å². The first-order valence-electron chi connectivity index (χ1n) is 4.18. The van der Waals surface area contributed by atoms with E-state index in [1.54, 1.807) is 26.0 Å². The van der Waals surface area contributed by atoms with Crippen LogP contribution in [0.2, 0.25) is 0 Å². The van der Waals surface area contributed by atoms with Crippen molar-refractivity contribution in [3.8, 4) is 0 Å². The van der Waals surface area contributed by atoms with Gasteiger partial charge in [-0.05, 0) is 36.6 Å². The predicted octanol–water partition coefficient (Wildman–Crippen LogP) is 2.62. The zero-order chi connectivity index (χ0) is 10.7. The Labute approximate surface area is 81.7 Å². The van der Waals surface area contributed by atoms with Crippen molar-refractivity contribution < 1.29 is 14.3 Å². The van der Waals surface area contributed by atoms with E-state index in [1.165, 1.54) is 6.07 Å². The second-order valence-corrected chi connectivity index (χ2v) is 3.13. The quantitative estimate of drug-likeness (QED) is 0.735. The summed E-state index contributed by atoms with van der Waals surface area (Å²) < 4.78 is 13.1. The first-order chi connectivity index (χ1) is 6.50. The number of aryl methyl sites for hydroxylation is 1. The maximum atomic E-state index is 13.1. The van der Waals surface area contributed by atoms with E-state index in [9.17, 15) is 9.18 Å². The lowest BCUT2D eigenvalue weighted by molar-refractivity contribution is -0.131. The van der Waals surface area contributed by atoms with E-state index in [0.29, 0.717) is 16.7 Å². The number of halogens is 1. The van der Waals surface area contributed by atoms with Gasteiger partial charge in [-0.15, -0.1) is 0 Å². The Kier molecular flexibility index (Phi) is 3.02. The maximum Gasteiger partial charge on any atom is 0.328 e. The molecule has 0 aliphatic heterocycles. The number of allylic oxidation sites excluding steroid dienone is 1. The molecule has 1 N–H and O–H groups in total. The predicted molar refractivity (Wildman–Crippen MR) is 52.4 cm³/mol. The fraction of sp³-hybridized carbons (Fsp3) is 0.182. The number of benzene rings is 1. The van der Waals surface area contributed by atoms with Gasteiger partial charge in [0.25, 0.3) is 0 Å². The van der Waals surface area contributed by atoms with Crippen LogP contribution in [0.3, 0.4) is 0 Å². The van der Waals surface area contributed by atoms with Gasteiger partial charge in [-0.3, -0.25) is 0 Å². The molecular formula is C11H11FO2. The standard InChI is InChI=1S/C11H11FO2/c1-7-3-4-9(6-10(7)12)8(2)5-11(13)14/h3-6H,1-2H3,(H,13,14)/b8-5+. The topological polar surface area (TPSA) is 37.3 Å². The Balaban J connectivity index is 3.09. The molecule has 14 heavy (non-hydrogen) atoms. The third-order valence-corrected chi connectivity index (χ3v) is 1.97. The Hall–Kier alpha value is -1.64. The van der Waals surface area contributed by atoms with Crippen molar-refractivity contribution in [1.82, 2.24) is 0 Å². The van der Waals surface area contributed by atoms with Crippen LogP contribution in [0.15, 0.2) is 24.3 Å². The Morgan fingerprint density at radius 1 is 1.50 bits per heavy atom. The fourth-order valence-corrected chi connectivity index (χ4v) is 1.11. The van der Waals surface area contributed by atoms with Crippen LogP contribution in [0.4, 0.5) is 4.39 Å². The molecule has 0 atom stereocenters. The summed E-state index contributed by atoms with van der Waals surface area (Å²) >= 11 is 0. The monoisotopic (exact) mass is 194 g/mol. The zero-order valence-corrected chi connectivity index (χ0v) is 8.04. The molecule has 0 fully saturated rings. The summed E-state index contributed by atoms with van der Waals surface area (Å²) in [4.78, 5) is 10.4. The van der Waals surface area contributed by atoms with E-state index in [2.05, 4.69) is 0 Å². The molecule has 74 valence electrons. The van der Waals surface area contributed by atoms with Crippen LogP contribution in [0.25, 0.3) is 5.57 Å². The zero-order valence-electron chi connectivity index (χ0n) is 8.04. The Morgan fingerprint density at radius 2 is 2.14 bits per heavy atom. The highest BCUT2D eigenvalue weighted by molar-refractivity contribution is 5.89. The number of hydrogen-bond donors (Lipinski definition) is 1. The molecule has 3 heteroatoms. The molecule has 0 spiro atoms. The molecule has 1 aromatic rings. The van der Waals surface area contributed by atoms with Gasteiger partial charge in [-0.1, -0.05) is 12.1 Å². The largest absolute Gasteiger partial charge is 0.478 e. The molecule has 2 nitrogen and oxygen atoms in total. The van der Waals surface area contributed by atoms with Gasteiger partial charge >= 0.3 is 5.97 Å². The van der Waals surface area contributed by atoms with Gasteiger partial charge in [0.15, 0.2) is 0 Å². The van der Waals surface area contributed by atoms with Crippen molar-refractivity contribution >= 4 is 11.5 Å². The van der Waals surface area contributed by atoms with Crippen LogP contribution in [0, 0.1) is 12.7 Å². The maximum absolute atomic E-state index is 13.1. The van der Waals surface area contributed by atoms with E-state index >= 15 is 0 Å². The molecule has 0 aliphatic rings. The van der Waals surface area contributed by atoms with Gasteiger partial charge < -0.3 is 5.11 Å². The number of hydrogen-bond acceptors (Lipinski definition) is 1. The van der Waals surface area contributed by atoms with Crippen LogP contribution in [-0.2, 0) is 4.79 Å². The van der Waals surface area contributed by atoms with Crippen molar-refractivity contribution in [3.63, 3.8) is 0 Å². The van der Waals surface area contributed by atoms with Crippen molar-refractivity contribution in [2.45, 2.75) is 13.8 Å².